The molecule has 29 heavy (non-hydrogen) atoms. The van der Waals surface area contributed by atoms with E-state index in [4.69, 9.17) is 5.26 Å². The van der Waals surface area contributed by atoms with Gasteiger partial charge in [-0.1, -0.05) is 48.5 Å². The average Bonchev–Trinajstić information content (AvgIpc) is 2.77. The van der Waals surface area contributed by atoms with Gasteiger partial charge in [-0.2, -0.15) is 5.26 Å². The van der Waals surface area contributed by atoms with Crippen molar-refractivity contribution in [2.75, 3.05) is 11.1 Å². The van der Waals surface area contributed by atoms with Crippen molar-refractivity contribution in [1.82, 2.24) is 5.32 Å². The molecule has 0 aliphatic heterocycles. The van der Waals surface area contributed by atoms with Crippen molar-refractivity contribution in [2.45, 2.75) is 11.4 Å². The summed E-state index contributed by atoms with van der Waals surface area (Å²) in [5.74, 6) is -0.233. The molecule has 0 atom stereocenters. The van der Waals surface area contributed by atoms with Crippen molar-refractivity contribution in [3.8, 4) is 6.07 Å². The third-order valence-corrected chi connectivity index (χ3v) is 5.14. The number of hydrogen-bond donors (Lipinski definition) is 2. The zero-order valence-corrected chi connectivity index (χ0v) is 16.4. The van der Waals surface area contributed by atoms with E-state index in [2.05, 4.69) is 10.6 Å². The smallest absolute Gasteiger partial charge is 0.252 e. The van der Waals surface area contributed by atoms with Gasteiger partial charge >= 0.3 is 0 Å². The van der Waals surface area contributed by atoms with Gasteiger partial charge < -0.3 is 10.6 Å². The molecule has 0 aromatic heterocycles. The first kappa shape index (κ1) is 20.2. The normalized spacial score (nSPS) is 10.0. The van der Waals surface area contributed by atoms with Gasteiger partial charge in [0.25, 0.3) is 5.91 Å². The van der Waals surface area contributed by atoms with Gasteiger partial charge in [-0.15, -0.1) is 11.8 Å². The topological polar surface area (TPSA) is 82.0 Å². The van der Waals surface area contributed by atoms with Gasteiger partial charge in [0.15, 0.2) is 0 Å². The first-order valence-corrected chi connectivity index (χ1v) is 9.98. The van der Waals surface area contributed by atoms with E-state index >= 15 is 0 Å². The highest BCUT2D eigenvalue weighted by atomic mass is 32.2. The summed E-state index contributed by atoms with van der Waals surface area (Å²) in [6.07, 6.45) is 0. The maximum absolute atomic E-state index is 12.6. The molecule has 0 saturated carbocycles. The Kier molecular flexibility index (Phi) is 7.04. The zero-order valence-electron chi connectivity index (χ0n) is 15.6. The van der Waals surface area contributed by atoms with E-state index in [1.807, 2.05) is 48.5 Å². The minimum atomic E-state index is -0.204. The van der Waals surface area contributed by atoms with E-state index in [0.29, 0.717) is 23.4 Å². The van der Waals surface area contributed by atoms with Crippen LogP contribution in [0, 0.1) is 11.3 Å². The Bertz CT molecular complexity index is 1050. The summed E-state index contributed by atoms with van der Waals surface area (Å²) in [4.78, 5) is 25.6. The number of nitrogens with zero attached hydrogens (tertiary/aromatic N) is 1. The summed E-state index contributed by atoms with van der Waals surface area (Å²) in [5, 5.41) is 14.6. The summed E-state index contributed by atoms with van der Waals surface area (Å²) >= 11 is 1.30. The second-order valence-corrected chi connectivity index (χ2v) is 7.21. The number of carbonyl (C=O) groups excluding carboxylic acids is 2. The van der Waals surface area contributed by atoms with Crippen LogP contribution in [-0.2, 0) is 11.3 Å². The maximum atomic E-state index is 12.6. The molecule has 0 heterocycles. The van der Waals surface area contributed by atoms with Crippen molar-refractivity contribution >= 4 is 29.3 Å². The summed E-state index contributed by atoms with van der Waals surface area (Å²) < 4.78 is 0. The Hall–Kier alpha value is -3.56. The highest BCUT2D eigenvalue weighted by Crippen LogP contribution is 2.23. The standard InChI is InChI=1S/C23H19N3O2S/c24-14-18-9-6-10-19(13-18)26-22(27)16-29-21-12-5-4-11-20(21)23(28)25-15-17-7-2-1-3-8-17/h1-13H,15-16H2,(H,25,28)(H,26,27). The Morgan fingerprint density at radius 1 is 0.931 bits per heavy atom. The molecule has 144 valence electrons. The van der Waals surface area contributed by atoms with Gasteiger partial charge in [-0.3, -0.25) is 9.59 Å². The first-order chi connectivity index (χ1) is 14.2. The Morgan fingerprint density at radius 3 is 2.48 bits per heavy atom. The minimum absolute atomic E-state index is 0.153. The number of thioether (sulfide) groups is 1. The second kappa shape index (κ2) is 10.1. The van der Waals surface area contributed by atoms with Crippen molar-refractivity contribution in [3.63, 3.8) is 0 Å². The summed E-state index contributed by atoms with van der Waals surface area (Å²) in [7, 11) is 0. The van der Waals surface area contributed by atoms with Gasteiger partial charge in [0.05, 0.1) is 22.9 Å². The monoisotopic (exact) mass is 401 g/mol. The van der Waals surface area contributed by atoms with Crippen LogP contribution in [0.5, 0.6) is 0 Å². The largest absolute Gasteiger partial charge is 0.348 e. The number of rotatable bonds is 7. The molecule has 2 amide bonds. The van der Waals surface area contributed by atoms with E-state index in [-0.39, 0.29) is 17.6 Å². The lowest BCUT2D eigenvalue weighted by Crippen LogP contribution is -2.23. The lowest BCUT2D eigenvalue weighted by Gasteiger charge is -2.10. The maximum Gasteiger partial charge on any atom is 0.252 e. The number of hydrogen-bond acceptors (Lipinski definition) is 4. The Balaban J connectivity index is 1.59. The van der Waals surface area contributed by atoms with Crippen molar-refractivity contribution in [3.05, 3.63) is 95.6 Å². The summed E-state index contributed by atoms with van der Waals surface area (Å²) in [6.45, 7) is 0.439. The molecule has 0 saturated heterocycles. The van der Waals surface area contributed by atoms with Crippen LogP contribution in [-0.4, -0.2) is 17.6 Å². The van der Waals surface area contributed by atoms with Gasteiger partial charge in [-0.05, 0) is 35.9 Å². The molecule has 0 spiro atoms. The molecule has 6 heteroatoms. The number of carbonyl (C=O) groups is 2. The molecule has 3 aromatic carbocycles. The fraction of sp³-hybridized carbons (Fsp3) is 0.0870. The fourth-order valence-electron chi connectivity index (χ4n) is 2.66. The van der Waals surface area contributed by atoms with E-state index in [9.17, 15) is 9.59 Å². The molecule has 0 fully saturated rings. The van der Waals surface area contributed by atoms with E-state index < -0.39 is 0 Å². The Labute approximate surface area is 173 Å². The van der Waals surface area contributed by atoms with E-state index in [1.165, 1.54) is 11.8 Å². The fourth-order valence-corrected chi connectivity index (χ4v) is 3.51. The molecule has 0 aliphatic carbocycles. The van der Waals surface area contributed by atoms with Crippen LogP contribution in [0.2, 0.25) is 0 Å². The van der Waals surface area contributed by atoms with Gasteiger partial charge in [0.2, 0.25) is 5.91 Å². The second-order valence-electron chi connectivity index (χ2n) is 6.19. The number of benzene rings is 3. The SMILES string of the molecule is N#Cc1cccc(NC(=O)CSc2ccccc2C(=O)NCc2ccccc2)c1. The number of nitriles is 1. The van der Waals surface area contributed by atoms with Gasteiger partial charge in [0, 0.05) is 17.1 Å². The van der Waals surface area contributed by atoms with Crippen molar-refractivity contribution in [2.24, 2.45) is 0 Å². The highest BCUT2D eigenvalue weighted by Gasteiger charge is 2.13. The van der Waals surface area contributed by atoms with Gasteiger partial charge in [-0.25, -0.2) is 0 Å². The lowest BCUT2D eigenvalue weighted by molar-refractivity contribution is -0.113. The number of nitrogens with one attached hydrogen (secondary N) is 2. The third kappa shape index (κ3) is 5.96. The summed E-state index contributed by atoms with van der Waals surface area (Å²) in [5.41, 5.74) is 2.61. The molecule has 3 aromatic rings. The van der Waals surface area contributed by atoms with Crippen LogP contribution in [0.15, 0.2) is 83.8 Å². The third-order valence-electron chi connectivity index (χ3n) is 4.06. The number of anilines is 1. The average molecular weight is 401 g/mol. The van der Waals surface area contributed by atoms with Crippen LogP contribution in [0.1, 0.15) is 21.5 Å². The molecule has 3 rings (SSSR count). The molecule has 0 radical (unpaired) electrons. The quantitative estimate of drug-likeness (QED) is 0.581. The molecule has 0 aliphatic rings. The molecule has 2 N–H and O–H groups in total. The predicted octanol–water partition coefficient (Wildman–Crippen LogP) is 4.22. The van der Waals surface area contributed by atoms with Crippen LogP contribution in [0.25, 0.3) is 0 Å². The molecular weight excluding hydrogens is 382 g/mol. The summed E-state index contributed by atoms with van der Waals surface area (Å²) in [6, 6.07) is 25.7. The first-order valence-electron chi connectivity index (χ1n) is 8.99. The highest BCUT2D eigenvalue weighted by molar-refractivity contribution is 8.00. The molecule has 0 bridgehead atoms. The number of amides is 2. The molecule has 0 unspecified atom stereocenters. The van der Waals surface area contributed by atoms with Crippen LogP contribution in [0.3, 0.4) is 0 Å². The molecule has 5 nitrogen and oxygen atoms in total. The van der Waals surface area contributed by atoms with E-state index in [1.54, 1.807) is 36.4 Å². The lowest BCUT2D eigenvalue weighted by atomic mass is 10.2. The van der Waals surface area contributed by atoms with Crippen molar-refractivity contribution in [1.29, 1.82) is 5.26 Å². The predicted molar refractivity (Wildman–Crippen MR) is 115 cm³/mol. The van der Waals surface area contributed by atoms with Crippen LogP contribution < -0.4 is 10.6 Å². The molecular formula is C23H19N3O2S. The van der Waals surface area contributed by atoms with Crippen LogP contribution >= 0.6 is 11.8 Å². The van der Waals surface area contributed by atoms with E-state index in [0.717, 1.165) is 10.5 Å². The van der Waals surface area contributed by atoms with Crippen molar-refractivity contribution < 1.29 is 9.59 Å². The zero-order chi connectivity index (χ0) is 20.5. The van der Waals surface area contributed by atoms with Crippen LogP contribution in [0.4, 0.5) is 5.69 Å². The van der Waals surface area contributed by atoms with Gasteiger partial charge in [0.1, 0.15) is 0 Å². The minimum Gasteiger partial charge on any atom is -0.348 e. The Morgan fingerprint density at radius 2 is 1.69 bits per heavy atom.